The number of esters is 1. The molecule has 212 valence electrons. The Kier molecular flexibility index (Phi) is 7.20. The number of carbonyl (C=O) groups excluding carboxylic acids is 4. The predicted octanol–water partition coefficient (Wildman–Crippen LogP) is 1.34. The fourth-order valence-corrected chi connectivity index (χ4v) is 6.19. The van der Waals surface area contributed by atoms with Gasteiger partial charge in [0.1, 0.15) is 28.9 Å². The summed E-state index contributed by atoms with van der Waals surface area (Å²) in [6.07, 6.45) is 1.15. The molecule has 0 aromatic heterocycles. The summed E-state index contributed by atoms with van der Waals surface area (Å²) in [5.41, 5.74) is 1.27. The van der Waals surface area contributed by atoms with E-state index in [0.717, 1.165) is 0 Å². The molecule has 40 heavy (non-hydrogen) atoms. The Balaban J connectivity index is 2.11. The minimum Gasteiger partial charge on any atom is -0.508 e. The zero-order valence-corrected chi connectivity index (χ0v) is 22.4. The molecule has 0 bridgehead atoms. The number of aromatic hydroxyl groups is 1. The highest BCUT2D eigenvalue weighted by atomic mass is 16.5. The molecule has 1 amide bonds. The Bertz CT molecular complexity index is 1440. The summed E-state index contributed by atoms with van der Waals surface area (Å²) in [6.45, 7) is 6.72. The van der Waals surface area contributed by atoms with Gasteiger partial charge in [-0.1, -0.05) is 32.6 Å². The van der Waals surface area contributed by atoms with Crippen LogP contribution in [0.2, 0.25) is 0 Å². The molecule has 6 N–H and O–H groups in total. The van der Waals surface area contributed by atoms with E-state index in [-0.39, 0.29) is 17.7 Å². The van der Waals surface area contributed by atoms with Crippen molar-refractivity contribution < 1.29 is 44.3 Å². The maximum absolute atomic E-state index is 14.2. The van der Waals surface area contributed by atoms with Crippen molar-refractivity contribution in [1.82, 2.24) is 4.90 Å². The smallest absolute Gasteiger partial charge is 0.305 e. The fraction of sp³-hybridized carbons (Fsp3) is 0.393. The van der Waals surface area contributed by atoms with Crippen molar-refractivity contribution in [3.8, 4) is 5.75 Å². The Labute approximate surface area is 229 Å². The number of rotatable bonds is 6. The van der Waals surface area contributed by atoms with Crippen LogP contribution >= 0.6 is 0 Å². The largest absolute Gasteiger partial charge is 0.508 e. The number of phenols is 1. The van der Waals surface area contributed by atoms with E-state index in [1.807, 2.05) is 0 Å². The number of benzene rings is 1. The SMILES string of the molecule is C=CC=Nc1ccc2c(c1O)C(O)=C1C(=O)C3(O)C(O)=C(C(N)=O)C(=O)C(N(C)C)C3C(OC(=O)CC)C1C2C. The topological polar surface area (TPSA) is 200 Å². The van der Waals surface area contributed by atoms with Crippen molar-refractivity contribution in [2.45, 2.75) is 43.9 Å². The number of primary amides is 1. The van der Waals surface area contributed by atoms with Crippen LogP contribution in [0.25, 0.3) is 5.76 Å². The number of aliphatic hydroxyl groups is 3. The highest BCUT2D eigenvalue weighted by Crippen LogP contribution is 2.57. The zero-order valence-electron chi connectivity index (χ0n) is 22.4. The quantitative estimate of drug-likeness (QED) is 0.194. The number of ether oxygens (including phenoxy) is 1. The minimum atomic E-state index is -2.99. The standard InChI is InChI=1S/C28H31N3O9/c1-6-10-30-13-9-8-12-11(3)15-17(22(34)16(12)21(13)33)25(36)28(39)19(24(15)40-14(32)7-2)20(31(4)5)23(35)18(26(28)37)27(29)38/h6,8-11,15,19-20,24,33-34,37,39H,1,7H2,2-5H3,(H2,29,38). The molecule has 12 heteroatoms. The highest BCUT2D eigenvalue weighted by Gasteiger charge is 2.69. The van der Waals surface area contributed by atoms with Gasteiger partial charge in [-0.05, 0) is 31.6 Å². The van der Waals surface area contributed by atoms with Gasteiger partial charge in [0, 0.05) is 24.1 Å². The Morgan fingerprint density at radius 3 is 2.42 bits per heavy atom. The maximum atomic E-state index is 14.2. The zero-order chi connectivity index (χ0) is 29.8. The number of hydrogen-bond donors (Lipinski definition) is 5. The number of fused-ring (bicyclic) bond motifs is 3. The van der Waals surface area contributed by atoms with Gasteiger partial charge >= 0.3 is 5.97 Å². The van der Waals surface area contributed by atoms with Crippen molar-refractivity contribution in [2.75, 3.05) is 14.1 Å². The first-order valence-corrected chi connectivity index (χ1v) is 12.6. The van der Waals surface area contributed by atoms with Crippen LogP contribution < -0.4 is 5.73 Å². The molecular formula is C28H31N3O9. The second-order valence-corrected chi connectivity index (χ2v) is 10.3. The van der Waals surface area contributed by atoms with Crippen molar-refractivity contribution >= 4 is 41.1 Å². The molecule has 6 atom stereocenters. The van der Waals surface area contributed by atoms with Crippen LogP contribution in [0.1, 0.15) is 37.3 Å². The Morgan fingerprint density at radius 1 is 1.23 bits per heavy atom. The summed E-state index contributed by atoms with van der Waals surface area (Å²) in [4.78, 5) is 58.0. The highest BCUT2D eigenvalue weighted by molar-refractivity contribution is 6.24. The Hall–Kier alpha value is -4.29. The lowest BCUT2D eigenvalue weighted by Crippen LogP contribution is -2.71. The van der Waals surface area contributed by atoms with Crippen LogP contribution in [0.3, 0.4) is 0 Å². The molecule has 1 aromatic carbocycles. The number of amides is 1. The molecule has 6 unspecified atom stereocenters. The number of ketones is 2. The number of nitrogens with zero attached hydrogens (tertiary/aromatic N) is 2. The van der Waals surface area contributed by atoms with E-state index in [1.165, 1.54) is 44.3 Å². The van der Waals surface area contributed by atoms with Crippen LogP contribution in [-0.2, 0) is 23.9 Å². The average Bonchev–Trinajstić information content (AvgIpc) is 2.89. The Morgan fingerprint density at radius 2 is 1.88 bits per heavy atom. The van der Waals surface area contributed by atoms with Crippen LogP contribution in [0.5, 0.6) is 5.75 Å². The molecule has 0 saturated heterocycles. The first-order valence-electron chi connectivity index (χ1n) is 12.6. The second-order valence-electron chi connectivity index (χ2n) is 10.3. The average molecular weight is 554 g/mol. The van der Waals surface area contributed by atoms with E-state index in [2.05, 4.69) is 11.6 Å². The van der Waals surface area contributed by atoms with E-state index in [4.69, 9.17) is 10.5 Å². The van der Waals surface area contributed by atoms with Crippen molar-refractivity contribution in [3.05, 3.63) is 52.8 Å². The third-order valence-corrected chi connectivity index (χ3v) is 7.96. The van der Waals surface area contributed by atoms with Gasteiger partial charge in [-0.3, -0.25) is 29.1 Å². The van der Waals surface area contributed by atoms with E-state index in [0.29, 0.717) is 5.56 Å². The lowest BCUT2D eigenvalue weighted by molar-refractivity contribution is -0.185. The van der Waals surface area contributed by atoms with E-state index in [1.54, 1.807) is 13.0 Å². The summed E-state index contributed by atoms with van der Waals surface area (Å²) in [5.74, 6) is -10.2. The van der Waals surface area contributed by atoms with Crippen LogP contribution in [0.15, 0.2) is 46.7 Å². The van der Waals surface area contributed by atoms with Gasteiger partial charge in [-0.2, -0.15) is 0 Å². The van der Waals surface area contributed by atoms with Crippen molar-refractivity contribution in [3.63, 3.8) is 0 Å². The number of carbonyl (C=O) groups is 4. The molecule has 1 fully saturated rings. The number of aliphatic imine (C=N–C) groups is 1. The molecule has 0 heterocycles. The van der Waals surface area contributed by atoms with E-state index < -0.39 is 87.4 Å². The van der Waals surface area contributed by atoms with E-state index >= 15 is 0 Å². The first kappa shape index (κ1) is 28.7. The van der Waals surface area contributed by atoms with Gasteiger partial charge in [-0.25, -0.2) is 0 Å². The van der Waals surface area contributed by atoms with Crippen LogP contribution in [-0.4, -0.2) is 86.8 Å². The molecule has 0 radical (unpaired) electrons. The number of likely N-dealkylation sites (N-methyl/N-ethyl adjacent to an activating group) is 1. The van der Waals surface area contributed by atoms with Gasteiger partial charge in [0.05, 0.1) is 17.5 Å². The number of allylic oxidation sites excluding steroid dienone is 1. The number of aliphatic hydroxyl groups excluding tert-OH is 2. The lowest BCUT2D eigenvalue weighted by Gasteiger charge is -2.54. The molecule has 12 nitrogen and oxygen atoms in total. The van der Waals surface area contributed by atoms with Crippen LogP contribution in [0, 0.1) is 11.8 Å². The third kappa shape index (κ3) is 3.86. The monoisotopic (exact) mass is 553 g/mol. The number of nitrogens with two attached hydrogens (primary N) is 1. The summed E-state index contributed by atoms with van der Waals surface area (Å²) in [5, 5.41) is 45.6. The molecule has 0 aliphatic heterocycles. The number of phenolic OH excluding ortho intramolecular Hbond substituents is 1. The maximum Gasteiger partial charge on any atom is 0.305 e. The van der Waals surface area contributed by atoms with Gasteiger partial charge in [0.2, 0.25) is 5.78 Å². The summed E-state index contributed by atoms with van der Waals surface area (Å²) in [7, 11) is 2.91. The first-order chi connectivity index (χ1) is 18.7. The van der Waals surface area contributed by atoms with Gasteiger partial charge in [-0.15, -0.1) is 0 Å². The van der Waals surface area contributed by atoms with Gasteiger partial charge < -0.3 is 30.9 Å². The molecule has 1 saturated carbocycles. The van der Waals surface area contributed by atoms with Crippen molar-refractivity contribution in [2.24, 2.45) is 22.6 Å². The van der Waals surface area contributed by atoms with Crippen LogP contribution in [0.4, 0.5) is 5.69 Å². The third-order valence-electron chi connectivity index (χ3n) is 7.96. The molecule has 4 rings (SSSR count). The molecule has 3 aliphatic rings. The molecule has 3 aliphatic carbocycles. The predicted molar refractivity (Wildman–Crippen MR) is 143 cm³/mol. The van der Waals surface area contributed by atoms with Gasteiger partial charge in [0.15, 0.2) is 17.1 Å². The molecule has 0 spiro atoms. The summed E-state index contributed by atoms with van der Waals surface area (Å²) >= 11 is 0. The number of Topliss-reactive ketones (excluding diaryl/α,β-unsaturated/α-hetero) is 2. The fourth-order valence-electron chi connectivity index (χ4n) is 6.19. The lowest BCUT2D eigenvalue weighted by atomic mass is 9.54. The minimum absolute atomic E-state index is 0.0555. The summed E-state index contributed by atoms with van der Waals surface area (Å²) in [6, 6.07) is 1.66. The second kappa shape index (κ2) is 10.0. The van der Waals surface area contributed by atoms with Gasteiger partial charge in [0.25, 0.3) is 5.91 Å². The molecule has 1 aromatic rings. The number of hydrogen-bond acceptors (Lipinski definition) is 11. The normalized spacial score (nSPS) is 29.8. The van der Waals surface area contributed by atoms with Crippen molar-refractivity contribution in [1.29, 1.82) is 0 Å². The van der Waals surface area contributed by atoms with E-state index in [9.17, 15) is 39.6 Å². The molecular weight excluding hydrogens is 522 g/mol. The summed E-state index contributed by atoms with van der Waals surface area (Å²) < 4.78 is 5.78.